The van der Waals surface area contributed by atoms with Crippen LogP contribution in [0.4, 0.5) is 0 Å². The van der Waals surface area contributed by atoms with Gasteiger partial charge in [0.05, 0.1) is 0 Å². The summed E-state index contributed by atoms with van der Waals surface area (Å²) in [5.41, 5.74) is 2.70. The average molecular weight is 219 g/mol. The van der Waals surface area contributed by atoms with Crippen LogP contribution < -0.4 is 0 Å². The van der Waals surface area contributed by atoms with Gasteiger partial charge in [0, 0.05) is 0 Å². The summed E-state index contributed by atoms with van der Waals surface area (Å²) in [6.45, 7) is 12.6. The Morgan fingerprint density at radius 3 is 2.44 bits per heavy atom. The molecule has 0 spiro atoms. The van der Waals surface area contributed by atoms with Crippen LogP contribution in [-0.2, 0) is 0 Å². The van der Waals surface area contributed by atoms with Crippen LogP contribution >= 0.6 is 0 Å². The van der Waals surface area contributed by atoms with E-state index in [9.17, 15) is 0 Å². The van der Waals surface area contributed by atoms with E-state index in [2.05, 4.69) is 58.9 Å². The third-order valence-electron chi connectivity index (χ3n) is 2.61. The van der Waals surface area contributed by atoms with Gasteiger partial charge in [-0.2, -0.15) is 0 Å². The van der Waals surface area contributed by atoms with E-state index in [0.717, 1.165) is 12.3 Å². The van der Waals surface area contributed by atoms with Crippen molar-refractivity contribution in [2.45, 2.75) is 53.4 Å². The van der Waals surface area contributed by atoms with Crippen molar-refractivity contribution in [3.63, 3.8) is 0 Å². The lowest BCUT2D eigenvalue weighted by atomic mass is 9.99. The van der Waals surface area contributed by atoms with E-state index in [1.807, 2.05) is 0 Å². The van der Waals surface area contributed by atoms with Crippen LogP contribution in [0.25, 0.3) is 0 Å². The highest BCUT2D eigenvalue weighted by molar-refractivity contribution is 5.21. The molecule has 1 radical (unpaired) electrons. The Kier molecular flexibility index (Phi) is 8.99. The lowest BCUT2D eigenvalue weighted by Crippen LogP contribution is -1.92. The van der Waals surface area contributed by atoms with Gasteiger partial charge < -0.3 is 0 Å². The third-order valence-corrected chi connectivity index (χ3v) is 2.61. The SMILES string of the molecule is [CH2]CCC(C)CC/C=C(C)/C=C/C=C(C)C. The van der Waals surface area contributed by atoms with E-state index in [1.54, 1.807) is 0 Å². The molecular weight excluding hydrogens is 192 g/mol. The van der Waals surface area contributed by atoms with Gasteiger partial charge in [-0.15, -0.1) is 0 Å². The Morgan fingerprint density at radius 2 is 1.88 bits per heavy atom. The molecule has 0 rings (SSSR count). The first kappa shape index (κ1) is 15.2. The van der Waals surface area contributed by atoms with Gasteiger partial charge in [0.1, 0.15) is 0 Å². The second-order valence-corrected chi connectivity index (χ2v) is 4.88. The molecular formula is C16H27. The molecule has 0 aliphatic heterocycles. The molecule has 0 aromatic carbocycles. The fourth-order valence-electron chi connectivity index (χ4n) is 1.55. The molecule has 0 nitrogen and oxygen atoms in total. The van der Waals surface area contributed by atoms with Crippen molar-refractivity contribution in [1.82, 2.24) is 0 Å². The summed E-state index contributed by atoms with van der Waals surface area (Å²) >= 11 is 0. The zero-order valence-corrected chi connectivity index (χ0v) is 11.4. The number of hydrogen-bond acceptors (Lipinski definition) is 0. The zero-order valence-electron chi connectivity index (χ0n) is 11.4. The summed E-state index contributed by atoms with van der Waals surface area (Å²) in [7, 11) is 0. The quantitative estimate of drug-likeness (QED) is 0.497. The minimum absolute atomic E-state index is 0.809. The van der Waals surface area contributed by atoms with Crippen LogP contribution in [0, 0.1) is 12.8 Å². The minimum Gasteiger partial charge on any atom is -0.0816 e. The molecule has 0 N–H and O–H groups in total. The number of hydrogen-bond donors (Lipinski definition) is 0. The molecule has 1 unspecified atom stereocenters. The van der Waals surface area contributed by atoms with Crippen LogP contribution in [0.2, 0.25) is 0 Å². The maximum atomic E-state index is 3.89. The van der Waals surface area contributed by atoms with Gasteiger partial charge in [-0.05, 0) is 39.5 Å². The Morgan fingerprint density at radius 1 is 1.19 bits per heavy atom. The van der Waals surface area contributed by atoms with Gasteiger partial charge in [0.25, 0.3) is 0 Å². The molecule has 1 atom stereocenters. The van der Waals surface area contributed by atoms with E-state index in [1.165, 1.54) is 30.4 Å². The largest absolute Gasteiger partial charge is 0.0816 e. The zero-order chi connectivity index (χ0) is 12.4. The Bertz CT molecular complexity index is 249. The van der Waals surface area contributed by atoms with E-state index in [4.69, 9.17) is 0 Å². The van der Waals surface area contributed by atoms with Crippen LogP contribution in [0.1, 0.15) is 53.4 Å². The predicted molar refractivity (Wildman–Crippen MR) is 75.3 cm³/mol. The van der Waals surface area contributed by atoms with Gasteiger partial charge in [-0.1, -0.05) is 62.1 Å². The fourth-order valence-corrected chi connectivity index (χ4v) is 1.55. The summed E-state index contributed by atoms with van der Waals surface area (Å²) < 4.78 is 0. The highest BCUT2D eigenvalue weighted by Gasteiger charge is 1.98. The molecule has 0 saturated heterocycles. The highest BCUT2D eigenvalue weighted by Crippen LogP contribution is 2.13. The van der Waals surface area contributed by atoms with Gasteiger partial charge in [0.2, 0.25) is 0 Å². The molecule has 0 amide bonds. The summed E-state index contributed by atoms with van der Waals surface area (Å²) in [4.78, 5) is 0. The number of rotatable bonds is 7. The maximum Gasteiger partial charge on any atom is -0.0342 e. The molecule has 0 aliphatic carbocycles. The summed E-state index contributed by atoms with van der Waals surface area (Å²) in [6.07, 6.45) is 13.6. The summed E-state index contributed by atoms with van der Waals surface area (Å²) in [5.74, 6) is 0.809. The van der Waals surface area contributed by atoms with Gasteiger partial charge in [-0.25, -0.2) is 0 Å². The van der Waals surface area contributed by atoms with E-state index in [0.29, 0.717) is 0 Å². The van der Waals surface area contributed by atoms with Crippen molar-refractivity contribution in [2.75, 3.05) is 0 Å². The molecule has 0 heteroatoms. The smallest absolute Gasteiger partial charge is 0.0342 e. The van der Waals surface area contributed by atoms with E-state index in [-0.39, 0.29) is 0 Å². The van der Waals surface area contributed by atoms with Crippen LogP contribution in [-0.4, -0.2) is 0 Å². The van der Waals surface area contributed by atoms with E-state index >= 15 is 0 Å². The molecule has 91 valence electrons. The first-order valence-electron chi connectivity index (χ1n) is 6.33. The van der Waals surface area contributed by atoms with Crippen molar-refractivity contribution in [1.29, 1.82) is 0 Å². The third kappa shape index (κ3) is 9.76. The first-order valence-corrected chi connectivity index (χ1v) is 6.33. The van der Waals surface area contributed by atoms with E-state index < -0.39 is 0 Å². The lowest BCUT2D eigenvalue weighted by molar-refractivity contribution is 0.501. The molecule has 0 fully saturated rings. The van der Waals surface area contributed by atoms with Crippen LogP contribution in [0.15, 0.2) is 35.5 Å². The number of allylic oxidation sites excluding steroid dienone is 6. The predicted octanol–water partition coefficient (Wildman–Crippen LogP) is 5.49. The molecule has 0 aliphatic rings. The average Bonchev–Trinajstić information content (AvgIpc) is 2.17. The van der Waals surface area contributed by atoms with Gasteiger partial charge >= 0.3 is 0 Å². The molecule has 0 heterocycles. The second-order valence-electron chi connectivity index (χ2n) is 4.88. The highest BCUT2D eigenvalue weighted by atomic mass is 14.0. The lowest BCUT2D eigenvalue weighted by Gasteiger charge is -2.07. The van der Waals surface area contributed by atoms with Crippen molar-refractivity contribution in [2.24, 2.45) is 5.92 Å². The topological polar surface area (TPSA) is 0 Å². The Labute approximate surface area is 102 Å². The second kappa shape index (κ2) is 9.45. The maximum absolute atomic E-state index is 3.89. The Hall–Kier alpha value is -0.780. The van der Waals surface area contributed by atoms with Crippen molar-refractivity contribution in [3.05, 3.63) is 42.4 Å². The molecule has 0 saturated carbocycles. The fraction of sp³-hybridized carbons (Fsp3) is 0.562. The summed E-state index contributed by atoms with van der Waals surface area (Å²) in [5, 5.41) is 0. The molecule has 16 heavy (non-hydrogen) atoms. The molecule has 0 aromatic rings. The van der Waals surface area contributed by atoms with Gasteiger partial charge in [-0.3, -0.25) is 0 Å². The standard InChI is InChI=1S/C16H27/c1-6-9-15(4)12-8-13-16(5)11-7-10-14(2)3/h7,10-11,13,15H,1,6,8-9,12H2,2-5H3/b11-7+,16-13+. The van der Waals surface area contributed by atoms with Crippen molar-refractivity contribution < 1.29 is 0 Å². The minimum atomic E-state index is 0.809. The molecule has 0 aromatic heterocycles. The molecule has 0 bridgehead atoms. The normalized spacial score (nSPS) is 14.2. The van der Waals surface area contributed by atoms with Crippen molar-refractivity contribution in [3.8, 4) is 0 Å². The monoisotopic (exact) mass is 219 g/mol. The Balaban J connectivity index is 3.87. The van der Waals surface area contributed by atoms with Crippen LogP contribution in [0.3, 0.4) is 0 Å². The van der Waals surface area contributed by atoms with Crippen LogP contribution in [0.5, 0.6) is 0 Å². The first-order chi connectivity index (χ1) is 7.56. The van der Waals surface area contributed by atoms with Gasteiger partial charge in [0.15, 0.2) is 0 Å². The summed E-state index contributed by atoms with van der Waals surface area (Å²) in [6, 6.07) is 0. The van der Waals surface area contributed by atoms with Crippen molar-refractivity contribution >= 4 is 0 Å².